The molecule has 1 heterocycles. The zero-order valence-electron chi connectivity index (χ0n) is 10.1. The lowest BCUT2D eigenvalue weighted by Crippen LogP contribution is -1.84. The maximum absolute atomic E-state index is 10.5. The van der Waals surface area contributed by atoms with E-state index in [1.165, 1.54) is 11.3 Å². The maximum atomic E-state index is 10.5. The van der Waals surface area contributed by atoms with Crippen molar-refractivity contribution >= 4 is 39.3 Å². The highest BCUT2D eigenvalue weighted by Crippen LogP contribution is 2.36. The van der Waals surface area contributed by atoms with E-state index in [2.05, 4.69) is 15.9 Å². The van der Waals surface area contributed by atoms with Crippen LogP contribution in [0.3, 0.4) is 0 Å². The number of thiophene rings is 1. The summed E-state index contributed by atoms with van der Waals surface area (Å²) in [5.74, 6) is -0.160. The molecule has 0 bridgehead atoms. The summed E-state index contributed by atoms with van der Waals surface area (Å²) in [5, 5.41) is 8.60. The fraction of sp³-hybridized carbons (Fsp3) is 0.0714. The molecule has 0 unspecified atom stereocenters. The summed E-state index contributed by atoms with van der Waals surface area (Å²) >= 11 is 5.03. The van der Waals surface area contributed by atoms with Crippen molar-refractivity contribution in [1.82, 2.24) is 0 Å². The first-order valence-electron chi connectivity index (χ1n) is 5.45. The average Bonchev–Trinajstić information content (AvgIpc) is 2.85. The van der Waals surface area contributed by atoms with Gasteiger partial charge in [-0.3, -0.25) is 0 Å². The molecule has 0 radical (unpaired) electrons. The van der Waals surface area contributed by atoms with Crippen LogP contribution in [0.5, 0.6) is 5.75 Å². The summed E-state index contributed by atoms with van der Waals surface area (Å²) in [5.41, 5.74) is 1.03. The third kappa shape index (κ3) is 3.45. The van der Waals surface area contributed by atoms with Crippen molar-refractivity contribution in [3.8, 4) is 16.2 Å². The molecule has 0 aliphatic rings. The van der Waals surface area contributed by atoms with Gasteiger partial charge in [-0.25, -0.2) is 4.79 Å². The Balaban J connectivity index is 2.34. The molecule has 2 aromatic rings. The van der Waals surface area contributed by atoms with Gasteiger partial charge >= 0.3 is 5.97 Å². The highest BCUT2D eigenvalue weighted by molar-refractivity contribution is 9.10. The van der Waals surface area contributed by atoms with E-state index in [-0.39, 0.29) is 0 Å². The summed E-state index contributed by atoms with van der Waals surface area (Å²) in [6.45, 7) is 0. The van der Waals surface area contributed by atoms with E-state index < -0.39 is 5.97 Å². The smallest absolute Gasteiger partial charge is 0.328 e. The SMILES string of the molecule is COc1ccc(Br)c(-c2ccc(C=CC(=O)O)s2)c1. The van der Waals surface area contributed by atoms with Crippen LogP contribution >= 0.6 is 27.3 Å². The van der Waals surface area contributed by atoms with E-state index in [0.717, 1.165) is 31.6 Å². The van der Waals surface area contributed by atoms with Crippen LogP contribution in [0.2, 0.25) is 0 Å². The molecule has 3 nitrogen and oxygen atoms in total. The largest absolute Gasteiger partial charge is 0.497 e. The van der Waals surface area contributed by atoms with Gasteiger partial charge in [0.25, 0.3) is 0 Å². The van der Waals surface area contributed by atoms with Gasteiger partial charge in [0.1, 0.15) is 5.75 Å². The Bertz CT molecular complexity index is 631. The van der Waals surface area contributed by atoms with Crippen molar-refractivity contribution < 1.29 is 14.6 Å². The zero-order chi connectivity index (χ0) is 13.8. The number of methoxy groups -OCH3 is 1. The number of hydrogen-bond donors (Lipinski definition) is 1. The van der Waals surface area contributed by atoms with Gasteiger partial charge in [-0.05, 0) is 36.4 Å². The normalized spacial score (nSPS) is 10.8. The van der Waals surface area contributed by atoms with Crippen LogP contribution in [0.25, 0.3) is 16.5 Å². The fourth-order valence-corrected chi connectivity index (χ4v) is 3.09. The summed E-state index contributed by atoms with van der Waals surface area (Å²) in [6, 6.07) is 9.62. The minimum Gasteiger partial charge on any atom is -0.497 e. The molecule has 2 rings (SSSR count). The molecule has 0 amide bonds. The number of carboxylic acid groups (broad SMARTS) is 1. The quantitative estimate of drug-likeness (QED) is 0.846. The van der Waals surface area contributed by atoms with Gasteiger partial charge in [0.2, 0.25) is 0 Å². The number of carboxylic acids is 1. The van der Waals surface area contributed by atoms with Crippen LogP contribution in [0.15, 0.2) is 40.9 Å². The monoisotopic (exact) mass is 338 g/mol. The molecular formula is C14H11BrO3S. The number of rotatable bonds is 4. The second-order valence-corrected chi connectivity index (χ2v) is 5.69. The van der Waals surface area contributed by atoms with E-state index in [1.807, 2.05) is 30.3 Å². The minimum atomic E-state index is -0.947. The summed E-state index contributed by atoms with van der Waals surface area (Å²) in [7, 11) is 1.63. The molecule has 1 N–H and O–H groups in total. The predicted molar refractivity (Wildman–Crippen MR) is 80.7 cm³/mol. The molecule has 0 aliphatic carbocycles. The fourth-order valence-electron chi connectivity index (χ4n) is 1.56. The average molecular weight is 339 g/mol. The van der Waals surface area contributed by atoms with Gasteiger partial charge in [0.05, 0.1) is 7.11 Å². The highest BCUT2D eigenvalue weighted by Gasteiger charge is 2.07. The Morgan fingerprint density at radius 3 is 2.84 bits per heavy atom. The number of aliphatic carboxylic acids is 1. The van der Waals surface area contributed by atoms with Crippen molar-refractivity contribution in [2.24, 2.45) is 0 Å². The molecular weight excluding hydrogens is 328 g/mol. The first-order valence-corrected chi connectivity index (χ1v) is 7.06. The maximum Gasteiger partial charge on any atom is 0.328 e. The van der Waals surface area contributed by atoms with Crippen LogP contribution in [0.4, 0.5) is 0 Å². The standard InChI is InChI=1S/C14H11BrO3S/c1-18-9-2-5-12(15)11(8-9)13-6-3-10(19-13)4-7-14(16)17/h2-8H,1H3,(H,16,17). The van der Waals surface area contributed by atoms with Gasteiger partial charge in [-0.15, -0.1) is 11.3 Å². The van der Waals surface area contributed by atoms with Crippen LogP contribution < -0.4 is 4.74 Å². The number of halogens is 1. The van der Waals surface area contributed by atoms with Crippen molar-refractivity contribution in [3.63, 3.8) is 0 Å². The van der Waals surface area contributed by atoms with Gasteiger partial charge in [0, 0.05) is 25.9 Å². The first kappa shape index (κ1) is 13.8. The van der Waals surface area contributed by atoms with Gasteiger partial charge < -0.3 is 9.84 Å². The van der Waals surface area contributed by atoms with Crippen LogP contribution in [0.1, 0.15) is 4.88 Å². The molecule has 1 aromatic carbocycles. The summed E-state index contributed by atoms with van der Waals surface area (Å²) in [6.07, 6.45) is 2.72. The molecule has 0 saturated heterocycles. The van der Waals surface area contributed by atoms with Gasteiger partial charge in [0.15, 0.2) is 0 Å². The van der Waals surface area contributed by atoms with E-state index in [4.69, 9.17) is 9.84 Å². The Labute approximate surface area is 123 Å². The van der Waals surface area contributed by atoms with Crippen molar-refractivity contribution in [3.05, 3.63) is 45.8 Å². The van der Waals surface area contributed by atoms with Crippen molar-refractivity contribution in [2.75, 3.05) is 7.11 Å². The Hall–Kier alpha value is -1.59. The molecule has 0 saturated carbocycles. The van der Waals surface area contributed by atoms with E-state index in [0.29, 0.717) is 0 Å². The van der Waals surface area contributed by atoms with Gasteiger partial charge in [-0.2, -0.15) is 0 Å². The molecule has 0 aliphatic heterocycles. The minimum absolute atomic E-state index is 0.786. The van der Waals surface area contributed by atoms with E-state index in [1.54, 1.807) is 13.2 Å². The number of ether oxygens (including phenoxy) is 1. The lowest BCUT2D eigenvalue weighted by atomic mass is 10.2. The molecule has 0 atom stereocenters. The molecule has 0 fully saturated rings. The molecule has 19 heavy (non-hydrogen) atoms. The molecule has 98 valence electrons. The van der Waals surface area contributed by atoms with Crippen LogP contribution in [-0.4, -0.2) is 18.2 Å². The van der Waals surface area contributed by atoms with E-state index in [9.17, 15) is 4.79 Å². The summed E-state index contributed by atoms with van der Waals surface area (Å²) in [4.78, 5) is 12.4. The lowest BCUT2D eigenvalue weighted by molar-refractivity contribution is -0.131. The topological polar surface area (TPSA) is 46.5 Å². The molecule has 5 heteroatoms. The zero-order valence-corrected chi connectivity index (χ0v) is 12.5. The third-order valence-electron chi connectivity index (χ3n) is 2.46. The van der Waals surface area contributed by atoms with E-state index >= 15 is 0 Å². The second kappa shape index (κ2) is 6.04. The Kier molecular flexibility index (Phi) is 4.39. The number of benzene rings is 1. The lowest BCUT2D eigenvalue weighted by Gasteiger charge is -2.05. The van der Waals surface area contributed by atoms with Crippen molar-refractivity contribution in [1.29, 1.82) is 0 Å². The first-order chi connectivity index (χ1) is 9.10. The number of hydrogen-bond acceptors (Lipinski definition) is 3. The van der Waals surface area contributed by atoms with Crippen LogP contribution in [0, 0.1) is 0 Å². The summed E-state index contributed by atoms with van der Waals surface area (Å²) < 4.78 is 6.19. The Morgan fingerprint density at radius 1 is 1.37 bits per heavy atom. The third-order valence-corrected chi connectivity index (χ3v) is 4.23. The molecule has 0 spiro atoms. The van der Waals surface area contributed by atoms with Gasteiger partial charge in [-0.1, -0.05) is 15.9 Å². The van der Waals surface area contributed by atoms with Crippen molar-refractivity contribution in [2.45, 2.75) is 0 Å². The Morgan fingerprint density at radius 2 is 2.16 bits per heavy atom. The number of carbonyl (C=O) groups is 1. The highest BCUT2D eigenvalue weighted by atomic mass is 79.9. The molecule has 1 aromatic heterocycles. The second-order valence-electron chi connectivity index (χ2n) is 3.72. The van der Waals surface area contributed by atoms with Crippen LogP contribution in [-0.2, 0) is 4.79 Å². The predicted octanol–water partition coefficient (Wildman–Crippen LogP) is 4.28.